The maximum absolute atomic E-state index is 13.0. The minimum absolute atomic E-state index is 0.196. The van der Waals surface area contributed by atoms with E-state index in [9.17, 15) is 18.0 Å². The molecule has 0 radical (unpaired) electrons. The van der Waals surface area contributed by atoms with Gasteiger partial charge in [0.05, 0.1) is 17.1 Å². The molecule has 1 aliphatic rings. The second-order valence-corrected chi connectivity index (χ2v) is 5.83. The van der Waals surface area contributed by atoms with Crippen LogP contribution in [0.5, 0.6) is 5.75 Å². The number of ether oxygens (including phenoxy) is 1. The average Bonchev–Trinajstić information content (AvgIpc) is 2.87. The molecule has 1 aromatic carbocycles. The van der Waals surface area contributed by atoms with E-state index in [2.05, 4.69) is 20.9 Å². The Morgan fingerprint density at radius 1 is 1.33 bits per heavy atom. The number of carbonyl (C=O) groups excluding carboxylic acids is 1. The molecule has 0 atom stereocenters. The van der Waals surface area contributed by atoms with Gasteiger partial charge in [-0.3, -0.25) is 0 Å². The second-order valence-electron chi connectivity index (χ2n) is 4.98. The van der Waals surface area contributed by atoms with Crippen LogP contribution >= 0.6 is 15.9 Å². The van der Waals surface area contributed by atoms with E-state index in [0.717, 1.165) is 25.0 Å². The molecule has 0 aliphatic heterocycles. The first-order valence-electron chi connectivity index (χ1n) is 6.38. The summed E-state index contributed by atoms with van der Waals surface area (Å²) < 4.78 is 44.5. The highest BCUT2D eigenvalue weighted by molar-refractivity contribution is 9.10. The maximum Gasteiger partial charge on any atom is 0.416 e. The van der Waals surface area contributed by atoms with Gasteiger partial charge in [-0.05, 0) is 40.9 Å². The maximum atomic E-state index is 13.0. The number of hydrogen-bond donors (Lipinski definition) is 0. The molecular weight excluding hydrogens is 351 g/mol. The molecule has 1 fully saturated rings. The van der Waals surface area contributed by atoms with E-state index in [4.69, 9.17) is 4.74 Å². The lowest BCUT2D eigenvalue weighted by molar-refractivity contribution is -0.137. The van der Waals surface area contributed by atoms with E-state index in [0.29, 0.717) is 12.8 Å². The Morgan fingerprint density at radius 3 is 2.43 bits per heavy atom. The summed E-state index contributed by atoms with van der Waals surface area (Å²) in [5.74, 6) is 0.281. The molecule has 0 amide bonds. The summed E-state index contributed by atoms with van der Waals surface area (Å²) in [6.45, 7) is 0. The number of halogens is 4. The van der Waals surface area contributed by atoms with Crippen LogP contribution in [0.3, 0.4) is 0 Å². The molecule has 0 aromatic heterocycles. The van der Waals surface area contributed by atoms with Crippen molar-refractivity contribution < 1.29 is 22.7 Å². The molecule has 1 aliphatic carbocycles. The summed E-state index contributed by atoms with van der Waals surface area (Å²) in [6, 6.07) is 1.99. The number of aliphatic imine (C=N–C) groups is 1. The van der Waals surface area contributed by atoms with Gasteiger partial charge in [-0.25, -0.2) is 4.79 Å². The first kappa shape index (κ1) is 16.0. The molecule has 1 aromatic rings. The lowest BCUT2D eigenvalue weighted by Crippen LogP contribution is -2.21. The van der Waals surface area contributed by atoms with Gasteiger partial charge < -0.3 is 4.74 Å². The van der Waals surface area contributed by atoms with Crippen molar-refractivity contribution in [1.29, 1.82) is 0 Å². The number of alkyl halides is 3. The topological polar surface area (TPSA) is 38.7 Å². The summed E-state index contributed by atoms with van der Waals surface area (Å²) in [4.78, 5) is 14.6. The van der Waals surface area contributed by atoms with Crippen molar-refractivity contribution in [1.82, 2.24) is 0 Å². The Bertz CT molecular complexity index is 589. The van der Waals surface area contributed by atoms with Gasteiger partial charge in [0.1, 0.15) is 11.3 Å². The summed E-state index contributed by atoms with van der Waals surface area (Å²) in [7, 11) is 1.38. The van der Waals surface area contributed by atoms with Crippen LogP contribution in [0.4, 0.5) is 13.2 Å². The van der Waals surface area contributed by atoms with Crippen LogP contribution in [0, 0.1) is 0 Å². The van der Waals surface area contributed by atoms with Gasteiger partial charge in [0.2, 0.25) is 6.08 Å². The molecule has 7 heteroatoms. The van der Waals surface area contributed by atoms with Crippen LogP contribution in [0.1, 0.15) is 36.8 Å². The number of rotatable bonds is 3. The van der Waals surface area contributed by atoms with Gasteiger partial charge in [0, 0.05) is 5.56 Å². The van der Waals surface area contributed by atoms with E-state index >= 15 is 0 Å². The van der Waals surface area contributed by atoms with E-state index < -0.39 is 17.3 Å². The minimum atomic E-state index is -4.48. The second kappa shape index (κ2) is 5.81. The van der Waals surface area contributed by atoms with Gasteiger partial charge >= 0.3 is 6.18 Å². The zero-order valence-corrected chi connectivity index (χ0v) is 12.8. The molecule has 21 heavy (non-hydrogen) atoms. The standard InChI is InChI=1S/C14H13BrF3NO2/c1-21-12-10(13(19-8-20)4-2-3-5-13)6-9(7-11(12)15)14(16,17)18/h6-7H,2-5H2,1H3. The molecule has 0 heterocycles. The Balaban J connectivity index is 2.70. The fourth-order valence-electron chi connectivity index (χ4n) is 2.80. The van der Waals surface area contributed by atoms with Crippen LogP contribution in [-0.2, 0) is 16.5 Å². The van der Waals surface area contributed by atoms with E-state index in [-0.39, 0.29) is 15.8 Å². The SMILES string of the molecule is COc1c(Br)cc(C(F)(F)F)cc1C1(N=C=O)CCCC1. The molecule has 2 rings (SSSR count). The van der Waals surface area contributed by atoms with Crippen molar-refractivity contribution in [2.45, 2.75) is 37.4 Å². The lowest BCUT2D eigenvalue weighted by Gasteiger charge is -2.26. The molecule has 0 spiro atoms. The first-order chi connectivity index (χ1) is 9.84. The van der Waals surface area contributed by atoms with Gasteiger partial charge in [-0.15, -0.1) is 0 Å². The zero-order chi connectivity index (χ0) is 15.7. The highest BCUT2D eigenvalue weighted by atomic mass is 79.9. The predicted octanol–water partition coefficient (Wildman–Crippen LogP) is 4.58. The summed E-state index contributed by atoms with van der Waals surface area (Å²) in [5.41, 5.74) is -1.48. The monoisotopic (exact) mass is 363 g/mol. The smallest absolute Gasteiger partial charge is 0.416 e. The van der Waals surface area contributed by atoms with Gasteiger partial charge in [-0.1, -0.05) is 12.8 Å². The molecule has 3 nitrogen and oxygen atoms in total. The third kappa shape index (κ3) is 2.99. The molecule has 114 valence electrons. The van der Waals surface area contributed by atoms with Crippen molar-refractivity contribution >= 4 is 22.0 Å². The first-order valence-corrected chi connectivity index (χ1v) is 7.17. The fourth-order valence-corrected chi connectivity index (χ4v) is 3.42. The molecule has 0 N–H and O–H groups in total. The van der Waals surface area contributed by atoms with Crippen LogP contribution in [0.15, 0.2) is 21.6 Å². The predicted molar refractivity (Wildman–Crippen MR) is 74.0 cm³/mol. The molecular formula is C14H13BrF3NO2. The number of benzene rings is 1. The third-order valence-electron chi connectivity index (χ3n) is 3.77. The third-order valence-corrected chi connectivity index (χ3v) is 4.36. The average molecular weight is 364 g/mol. The Kier molecular flexibility index (Phi) is 4.44. The van der Waals surface area contributed by atoms with Crippen molar-refractivity contribution in [3.63, 3.8) is 0 Å². The van der Waals surface area contributed by atoms with Crippen molar-refractivity contribution in [2.24, 2.45) is 4.99 Å². The largest absolute Gasteiger partial charge is 0.495 e. The normalized spacial score (nSPS) is 17.4. The highest BCUT2D eigenvalue weighted by Crippen LogP contribution is 2.49. The number of nitrogens with zero attached hydrogens (tertiary/aromatic N) is 1. The lowest BCUT2D eigenvalue weighted by atomic mass is 9.87. The minimum Gasteiger partial charge on any atom is -0.495 e. The van der Waals surface area contributed by atoms with Gasteiger partial charge in [0.25, 0.3) is 0 Å². The van der Waals surface area contributed by atoms with Gasteiger partial charge in [0.15, 0.2) is 0 Å². The molecule has 1 saturated carbocycles. The Labute approximate surface area is 128 Å². The fraction of sp³-hybridized carbons (Fsp3) is 0.500. The van der Waals surface area contributed by atoms with E-state index in [1.165, 1.54) is 13.2 Å². The van der Waals surface area contributed by atoms with Crippen molar-refractivity contribution in [3.05, 3.63) is 27.7 Å². The summed E-state index contributed by atoms with van der Waals surface area (Å²) in [6.07, 6.45) is -0.377. The summed E-state index contributed by atoms with van der Waals surface area (Å²) >= 11 is 3.11. The van der Waals surface area contributed by atoms with Crippen LogP contribution in [-0.4, -0.2) is 13.2 Å². The zero-order valence-electron chi connectivity index (χ0n) is 11.3. The van der Waals surface area contributed by atoms with E-state index in [1.54, 1.807) is 0 Å². The number of isocyanates is 1. The molecule has 0 saturated heterocycles. The summed E-state index contributed by atoms with van der Waals surface area (Å²) in [5, 5.41) is 0. The van der Waals surface area contributed by atoms with Crippen molar-refractivity contribution in [2.75, 3.05) is 7.11 Å². The Morgan fingerprint density at radius 2 is 1.95 bits per heavy atom. The molecule has 0 unspecified atom stereocenters. The molecule has 0 bridgehead atoms. The van der Waals surface area contributed by atoms with Gasteiger partial charge in [-0.2, -0.15) is 18.2 Å². The number of methoxy groups -OCH3 is 1. The van der Waals surface area contributed by atoms with Crippen LogP contribution in [0.25, 0.3) is 0 Å². The Hall–Kier alpha value is -1.33. The van der Waals surface area contributed by atoms with Crippen LogP contribution in [0.2, 0.25) is 0 Å². The number of hydrogen-bond acceptors (Lipinski definition) is 3. The highest BCUT2D eigenvalue weighted by Gasteiger charge is 2.41. The van der Waals surface area contributed by atoms with Crippen LogP contribution < -0.4 is 4.74 Å². The van der Waals surface area contributed by atoms with E-state index in [1.807, 2.05) is 0 Å². The van der Waals surface area contributed by atoms with Crippen molar-refractivity contribution in [3.8, 4) is 5.75 Å². The quantitative estimate of drug-likeness (QED) is 0.582.